The van der Waals surface area contributed by atoms with E-state index in [2.05, 4.69) is 47.5 Å². The van der Waals surface area contributed by atoms with Gasteiger partial charge in [0.1, 0.15) is 5.76 Å². The Labute approximate surface area is 140 Å². The van der Waals surface area contributed by atoms with Crippen molar-refractivity contribution in [2.24, 2.45) is 0 Å². The topological polar surface area (TPSA) is 16.4 Å². The third-order valence-electron chi connectivity index (χ3n) is 5.76. The lowest BCUT2D eigenvalue weighted by molar-refractivity contribution is 0.295. The van der Waals surface area contributed by atoms with E-state index in [1.807, 2.05) is 0 Å². The third kappa shape index (κ3) is 1.80. The molecule has 0 bridgehead atoms. The highest BCUT2D eigenvalue weighted by Crippen LogP contribution is 2.54. The second-order valence-corrected chi connectivity index (χ2v) is 7.87. The van der Waals surface area contributed by atoms with Gasteiger partial charge in [0.25, 0.3) is 0 Å². The lowest BCUT2D eigenvalue weighted by Gasteiger charge is -2.44. The van der Waals surface area contributed by atoms with Gasteiger partial charge in [-0.25, -0.2) is 0 Å². The summed E-state index contributed by atoms with van der Waals surface area (Å²) in [7, 11) is 0. The number of aryl methyl sites for hydroxylation is 1. The number of furan rings is 1. The van der Waals surface area contributed by atoms with Crippen LogP contribution in [0.1, 0.15) is 49.0 Å². The minimum atomic E-state index is 0.145. The summed E-state index contributed by atoms with van der Waals surface area (Å²) in [5.74, 6) is 1.21. The Morgan fingerprint density at radius 2 is 1.91 bits per heavy atom. The summed E-state index contributed by atoms with van der Waals surface area (Å²) < 4.78 is 6.25. The van der Waals surface area contributed by atoms with E-state index in [0.29, 0.717) is 0 Å². The third-order valence-corrected chi connectivity index (χ3v) is 6.55. The van der Waals surface area contributed by atoms with Crippen molar-refractivity contribution in [1.82, 2.24) is 0 Å². The van der Waals surface area contributed by atoms with Crippen LogP contribution in [0, 0.1) is 6.92 Å². The molecule has 2 aromatic heterocycles. The molecule has 5 rings (SSSR count). The van der Waals surface area contributed by atoms with Gasteiger partial charge in [0, 0.05) is 16.6 Å². The van der Waals surface area contributed by atoms with E-state index in [9.17, 15) is 0 Å². The van der Waals surface area contributed by atoms with E-state index in [1.54, 1.807) is 11.3 Å². The molecule has 1 spiro atoms. The number of para-hydroxylation sites is 1. The SMILES string of the molecule is Cc1ccccc1N1Cc2oc3sccc3c2C12CCCCC2. The van der Waals surface area contributed by atoms with Crippen molar-refractivity contribution in [3.8, 4) is 0 Å². The van der Waals surface area contributed by atoms with Gasteiger partial charge in [-0.2, -0.15) is 0 Å². The van der Waals surface area contributed by atoms with Gasteiger partial charge >= 0.3 is 0 Å². The van der Waals surface area contributed by atoms with Crippen LogP contribution in [-0.2, 0) is 12.1 Å². The fraction of sp³-hybridized carbons (Fsp3) is 0.400. The molecule has 3 aromatic rings. The molecule has 2 aliphatic rings. The number of thiophene rings is 1. The van der Waals surface area contributed by atoms with Gasteiger partial charge in [0.2, 0.25) is 0 Å². The average Bonchev–Trinajstić information content (AvgIpc) is 3.21. The number of nitrogens with zero attached hydrogens (tertiary/aromatic N) is 1. The maximum absolute atomic E-state index is 6.25. The first kappa shape index (κ1) is 13.7. The van der Waals surface area contributed by atoms with E-state index in [4.69, 9.17) is 4.42 Å². The van der Waals surface area contributed by atoms with Gasteiger partial charge < -0.3 is 9.32 Å². The summed E-state index contributed by atoms with van der Waals surface area (Å²) in [6.07, 6.45) is 6.50. The molecule has 23 heavy (non-hydrogen) atoms. The maximum atomic E-state index is 6.25. The molecule has 3 heteroatoms. The van der Waals surface area contributed by atoms with Gasteiger partial charge in [-0.3, -0.25) is 0 Å². The number of fused-ring (bicyclic) bond motifs is 4. The zero-order valence-electron chi connectivity index (χ0n) is 13.5. The zero-order valence-corrected chi connectivity index (χ0v) is 14.3. The van der Waals surface area contributed by atoms with Crippen molar-refractivity contribution >= 4 is 27.3 Å². The molecule has 118 valence electrons. The van der Waals surface area contributed by atoms with Crippen LogP contribution in [-0.4, -0.2) is 0 Å². The van der Waals surface area contributed by atoms with Crippen molar-refractivity contribution in [3.05, 3.63) is 52.6 Å². The van der Waals surface area contributed by atoms with Crippen LogP contribution in [0.3, 0.4) is 0 Å². The van der Waals surface area contributed by atoms with Gasteiger partial charge in [0.05, 0.1) is 12.1 Å². The molecule has 0 N–H and O–H groups in total. The second-order valence-electron chi connectivity index (χ2n) is 6.99. The van der Waals surface area contributed by atoms with Crippen molar-refractivity contribution in [2.75, 3.05) is 4.90 Å². The molecule has 1 saturated carbocycles. The largest absolute Gasteiger partial charge is 0.448 e. The van der Waals surface area contributed by atoms with E-state index in [0.717, 1.165) is 11.4 Å². The molecule has 0 amide bonds. The lowest BCUT2D eigenvalue weighted by atomic mass is 9.76. The average molecular weight is 323 g/mol. The maximum Gasteiger partial charge on any atom is 0.188 e. The second kappa shape index (κ2) is 4.88. The molecule has 3 heterocycles. The highest BCUT2D eigenvalue weighted by Gasteiger charge is 2.49. The summed E-state index contributed by atoms with van der Waals surface area (Å²) in [6.45, 7) is 3.15. The monoisotopic (exact) mass is 323 g/mol. The van der Waals surface area contributed by atoms with Crippen LogP contribution in [0.15, 0.2) is 40.1 Å². The first-order valence-corrected chi connectivity index (χ1v) is 9.50. The van der Waals surface area contributed by atoms with Gasteiger partial charge in [-0.05, 0) is 42.8 Å². The summed E-state index contributed by atoms with van der Waals surface area (Å²) in [4.78, 5) is 3.76. The van der Waals surface area contributed by atoms with Crippen LogP contribution < -0.4 is 4.90 Å². The smallest absolute Gasteiger partial charge is 0.188 e. The Morgan fingerprint density at radius 3 is 2.74 bits per heavy atom. The lowest BCUT2D eigenvalue weighted by Crippen LogP contribution is -2.43. The number of hydrogen-bond donors (Lipinski definition) is 0. The van der Waals surface area contributed by atoms with E-state index >= 15 is 0 Å². The molecule has 1 aromatic carbocycles. The molecule has 0 unspecified atom stereocenters. The van der Waals surface area contributed by atoms with E-state index < -0.39 is 0 Å². The molecule has 1 fully saturated rings. The van der Waals surface area contributed by atoms with Crippen LogP contribution >= 0.6 is 11.3 Å². The zero-order chi connectivity index (χ0) is 15.4. The molecule has 2 nitrogen and oxygen atoms in total. The Hall–Kier alpha value is -1.74. The Kier molecular flexibility index (Phi) is 2.90. The minimum Gasteiger partial charge on any atom is -0.448 e. The summed E-state index contributed by atoms with van der Waals surface area (Å²) in [5, 5.41) is 3.53. The highest BCUT2D eigenvalue weighted by molar-refractivity contribution is 7.16. The van der Waals surface area contributed by atoms with Crippen molar-refractivity contribution in [2.45, 2.75) is 51.1 Å². The predicted molar refractivity (Wildman–Crippen MR) is 96.2 cm³/mol. The van der Waals surface area contributed by atoms with Crippen molar-refractivity contribution in [3.63, 3.8) is 0 Å². The van der Waals surface area contributed by atoms with E-state index in [-0.39, 0.29) is 5.54 Å². The molecular formula is C20H21NOS. The van der Waals surface area contributed by atoms with Crippen molar-refractivity contribution in [1.29, 1.82) is 0 Å². The van der Waals surface area contributed by atoms with Gasteiger partial charge in [-0.1, -0.05) is 37.5 Å². The minimum absolute atomic E-state index is 0.145. The van der Waals surface area contributed by atoms with Crippen molar-refractivity contribution < 1.29 is 4.42 Å². The normalized spacial score (nSPS) is 19.6. The number of hydrogen-bond acceptors (Lipinski definition) is 3. The summed E-state index contributed by atoms with van der Waals surface area (Å²) in [6, 6.07) is 11.1. The fourth-order valence-electron chi connectivity index (χ4n) is 4.76. The quantitative estimate of drug-likeness (QED) is 0.547. The Balaban J connectivity index is 1.73. The summed E-state index contributed by atoms with van der Waals surface area (Å²) in [5.41, 5.74) is 4.39. The first-order valence-electron chi connectivity index (χ1n) is 8.62. The standard InChI is InChI=1S/C20H21NOS/c1-14-7-3-4-8-16(14)21-13-17-18(15-9-12-23-19(15)22-17)20(21)10-5-2-6-11-20/h3-4,7-9,12H,2,5-6,10-11,13H2,1H3. The number of benzene rings is 1. The van der Waals surface area contributed by atoms with Crippen LogP contribution in [0.25, 0.3) is 10.3 Å². The predicted octanol–water partition coefficient (Wildman–Crippen LogP) is 5.98. The van der Waals surface area contributed by atoms with Crippen LogP contribution in [0.4, 0.5) is 5.69 Å². The molecular weight excluding hydrogens is 302 g/mol. The first-order chi connectivity index (χ1) is 11.3. The highest BCUT2D eigenvalue weighted by atomic mass is 32.1. The van der Waals surface area contributed by atoms with Crippen LogP contribution in [0.5, 0.6) is 0 Å². The number of rotatable bonds is 1. The Bertz CT molecular complexity index is 869. The molecule has 1 aliphatic heterocycles. The fourth-order valence-corrected chi connectivity index (χ4v) is 5.54. The number of anilines is 1. The Morgan fingerprint density at radius 1 is 1.09 bits per heavy atom. The van der Waals surface area contributed by atoms with Gasteiger partial charge in [0.15, 0.2) is 4.90 Å². The molecule has 0 atom stereocenters. The van der Waals surface area contributed by atoms with Gasteiger partial charge in [-0.15, -0.1) is 11.3 Å². The molecule has 0 saturated heterocycles. The van der Waals surface area contributed by atoms with E-state index in [1.165, 1.54) is 60.1 Å². The van der Waals surface area contributed by atoms with Crippen LogP contribution in [0.2, 0.25) is 0 Å². The summed E-state index contributed by atoms with van der Waals surface area (Å²) >= 11 is 1.73. The molecule has 0 radical (unpaired) electrons. The molecule has 1 aliphatic carbocycles.